The minimum absolute atomic E-state index is 0.106. The van der Waals surface area contributed by atoms with Crippen molar-refractivity contribution in [3.63, 3.8) is 0 Å². The number of benzene rings is 1. The summed E-state index contributed by atoms with van der Waals surface area (Å²) in [4.78, 5) is 20.1. The fourth-order valence-corrected chi connectivity index (χ4v) is 1.76. The Kier molecular flexibility index (Phi) is 4.14. The van der Waals surface area contributed by atoms with E-state index in [9.17, 15) is 4.79 Å². The lowest BCUT2D eigenvalue weighted by Gasteiger charge is -2.10. The van der Waals surface area contributed by atoms with Crippen molar-refractivity contribution in [1.82, 2.24) is 9.97 Å². The molecule has 3 N–H and O–H groups in total. The Morgan fingerprint density at radius 2 is 2.00 bits per heavy atom. The second kappa shape index (κ2) is 6.01. The highest BCUT2D eigenvalue weighted by molar-refractivity contribution is 5.95. The van der Waals surface area contributed by atoms with Crippen LogP contribution in [0.4, 0.5) is 17.5 Å². The number of para-hydroxylation sites is 1. The maximum Gasteiger partial charge on any atom is 0.343 e. The lowest BCUT2D eigenvalue weighted by Crippen LogP contribution is -2.14. The van der Waals surface area contributed by atoms with Crippen LogP contribution in [0.5, 0.6) is 0 Å². The molecule has 0 aliphatic rings. The third-order valence-electron chi connectivity index (χ3n) is 2.63. The number of ether oxygens (including phenoxy) is 1. The van der Waals surface area contributed by atoms with E-state index in [0.717, 1.165) is 5.69 Å². The van der Waals surface area contributed by atoms with Crippen molar-refractivity contribution in [3.05, 3.63) is 41.6 Å². The Balaban J connectivity index is 2.28. The van der Waals surface area contributed by atoms with Crippen molar-refractivity contribution >= 4 is 23.4 Å². The number of hydrogen-bond donors (Lipinski definition) is 2. The number of nitrogens with zero attached hydrogens (tertiary/aromatic N) is 2. The minimum atomic E-state index is -0.506. The Morgan fingerprint density at radius 1 is 1.30 bits per heavy atom. The summed E-state index contributed by atoms with van der Waals surface area (Å²) < 4.78 is 4.93. The SMILES string of the molecule is CCOC(=O)c1c(C)nc(Nc2ccccc2)nc1N. The molecule has 0 saturated carbocycles. The number of nitrogen functional groups attached to an aromatic ring is 1. The van der Waals surface area contributed by atoms with Crippen molar-refractivity contribution < 1.29 is 9.53 Å². The summed E-state index contributed by atoms with van der Waals surface area (Å²) in [5.41, 5.74) is 7.35. The van der Waals surface area contributed by atoms with Crippen molar-refractivity contribution in [2.24, 2.45) is 0 Å². The second-order valence-electron chi connectivity index (χ2n) is 4.10. The van der Waals surface area contributed by atoms with Gasteiger partial charge in [0.25, 0.3) is 0 Å². The second-order valence-corrected chi connectivity index (χ2v) is 4.10. The first-order valence-electron chi connectivity index (χ1n) is 6.25. The van der Waals surface area contributed by atoms with E-state index in [4.69, 9.17) is 10.5 Å². The third kappa shape index (κ3) is 3.03. The fraction of sp³-hybridized carbons (Fsp3) is 0.214. The lowest BCUT2D eigenvalue weighted by molar-refractivity contribution is 0.0526. The lowest BCUT2D eigenvalue weighted by atomic mass is 10.2. The number of esters is 1. The number of hydrogen-bond acceptors (Lipinski definition) is 6. The van der Waals surface area contributed by atoms with Gasteiger partial charge in [-0.25, -0.2) is 9.78 Å². The van der Waals surface area contributed by atoms with Crippen LogP contribution in [0.25, 0.3) is 0 Å². The average Bonchev–Trinajstić information content (AvgIpc) is 2.39. The standard InChI is InChI=1S/C14H16N4O2/c1-3-20-13(19)11-9(2)16-14(18-12(11)15)17-10-7-5-4-6-8-10/h4-8H,3H2,1-2H3,(H3,15,16,17,18). The first kappa shape index (κ1) is 13.8. The predicted molar refractivity (Wildman–Crippen MR) is 76.9 cm³/mol. The molecule has 0 spiro atoms. The molecule has 0 saturated heterocycles. The molecule has 6 heteroatoms. The summed E-state index contributed by atoms with van der Waals surface area (Å²) in [6, 6.07) is 9.47. The van der Waals surface area contributed by atoms with Gasteiger partial charge in [0.1, 0.15) is 11.4 Å². The van der Waals surface area contributed by atoms with Crippen molar-refractivity contribution in [3.8, 4) is 0 Å². The average molecular weight is 272 g/mol. The Morgan fingerprint density at radius 3 is 2.60 bits per heavy atom. The van der Waals surface area contributed by atoms with Gasteiger partial charge in [-0.3, -0.25) is 0 Å². The predicted octanol–water partition coefficient (Wildman–Crippen LogP) is 2.29. The van der Waals surface area contributed by atoms with E-state index in [0.29, 0.717) is 11.6 Å². The fourth-order valence-electron chi connectivity index (χ4n) is 1.76. The summed E-state index contributed by atoms with van der Waals surface area (Å²) in [6.45, 7) is 3.71. The molecule has 6 nitrogen and oxygen atoms in total. The maximum atomic E-state index is 11.8. The highest BCUT2D eigenvalue weighted by Crippen LogP contribution is 2.19. The van der Waals surface area contributed by atoms with Gasteiger partial charge in [0.2, 0.25) is 5.95 Å². The summed E-state index contributed by atoms with van der Waals surface area (Å²) in [5, 5.41) is 3.03. The normalized spacial score (nSPS) is 10.1. The number of rotatable bonds is 4. The van der Waals surface area contributed by atoms with Gasteiger partial charge in [-0.15, -0.1) is 0 Å². The third-order valence-corrected chi connectivity index (χ3v) is 2.63. The molecular weight excluding hydrogens is 256 g/mol. The molecule has 1 aromatic heterocycles. The van der Waals surface area contributed by atoms with Gasteiger partial charge in [-0.1, -0.05) is 18.2 Å². The Bertz CT molecular complexity index is 591. The van der Waals surface area contributed by atoms with Gasteiger partial charge in [-0.2, -0.15) is 4.98 Å². The van der Waals surface area contributed by atoms with E-state index in [1.54, 1.807) is 13.8 Å². The van der Waals surface area contributed by atoms with Crippen LogP contribution in [0.1, 0.15) is 23.0 Å². The first-order chi connectivity index (χ1) is 9.61. The molecule has 104 valence electrons. The smallest absolute Gasteiger partial charge is 0.343 e. The molecule has 0 aliphatic heterocycles. The molecule has 0 unspecified atom stereocenters. The van der Waals surface area contributed by atoms with Gasteiger partial charge in [0.15, 0.2) is 0 Å². The van der Waals surface area contributed by atoms with Crippen molar-refractivity contribution in [1.29, 1.82) is 0 Å². The summed E-state index contributed by atoms with van der Waals surface area (Å²) in [6.07, 6.45) is 0. The molecule has 1 heterocycles. The van der Waals surface area contributed by atoms with E-state index in [2.05, 4.69) is 15.3 Å². The molecule has 0 bridgehead atoms. The van der Waals surface area contributed by atoms with Crippen LogP contribution >= 0.6 is 0 Å². The first-order valence-corrected chi connectivity index (χ1v) is 6.25. The van der Waals surface area contributed by atoms with E-state index >= 15 is 0 Å². The molecule has 0 fully saturated rings. The van der Waals surface area contributed by atoms with E-state index in [1.807, 2.05) is 30.3 Å². The number of nitrogens with one attached hydrogen (secondary N) is 1. The van der Waals surface area contributed by atoms with Crippen LogP contribution in [0.15, 0.2) is 30.3 Å². The number of carbonyl (C=O) groups excluding carboxylic acids is 1. The maximum absolute atomic E-state index is 11.8. The van der Waals surface area contributed by atoms with Crippen LogP contribution < -0.4 is 11.1 Å². The zero-order valence-electron chi connectivity index (χ0n) is 11.4. The molecule has 0 aliphatic carbocycles. The van der Waals surface area contributed by atoms with E-state index < -0.39 is 5.97 Å². The molecular formula is C14H16N4O2. The number of aryl methyl sites for hydroxylation is 1. The Labute approximate surface area is 117 Å². The molecule has 1 aromatic carbocycles. The van der Waals surface area contributed by atoms with E-state index in [-0.39, 0.29) is 18.0 Å². The van der Waals surface area contributed by atoms with Crippen LogP contribution in [-0.2, 0) is 4.74 Å². The van der Waals surface area contributed by atoms with E-state index in [1.165, 1.54) is 0 Å². The zero-order valence-corrected chi connectivity index (χ0v) is 11.4. The van der Waals surface area contributed by atoms with Gasteiger partial charge in [0, 0.05) is 5.69 Å². The Hall–Kier alpha value is -2.63. The molecule has 0 amide bonds. The zero-order chi connectivity index (χ0) is 14.5. The van der Waals surface area contributed by atoms with Crippen molar-refractivity contribution in [2.75, 3.05) is 17.7 Å². The van der Waals surface area contributed by atoms with Gasteiger partial charge in [-0.05, 0) is 26.0 Å². The van der Waals surface area contributed by atoms with Gasteiger partial charge in [0.05, 0.1) is 12.3 Å². The number of aromatic nitrogens is 2. The monoisotopic (exact) mass is 272 g/mol. The van der Waals surface area contributed by atoms with Crippen LogP contribution in [0.3, 0.4) is 0 Å². The van der Waals surface area contributed by atoms with Crippen molar-refractivity contribution in [2.45, 2.75) is 13.8 Å². The van der Waals surface area contributed by atoms with Crippen LogP contribution in [0, 0.1) is 6.92 Å². The summed E-state index contributed by atoms with van der Waals surface area (Å²) in [5.74, 6) is -0.0533. The number of anilines is 3. The highest BCUT2D eigenvalue weighted by atomic mass is 16.5. The van der Waals surface area contributed by atoms with Gasteiger partial charge < -0.3 is 15.8 Å². The molecule has 0 atom stereocenters. The largest absolute Gasteiger partial charge is 0.462 e. The molecule has 0 radical (unpaired) electrons. The molecule has 2 rings (SSSR count). The summed E-state index contributed by atoms with van der Waals surface area (Å²) in [7, 11) is 0. The van der Waals surface area contributed by atoms with Crippen LogP contribution in [0.2, 0.25) is 0 Å². The summed E-state index contributed by atoms with van der Waals surface area (Å²) >= 11 is 0. The number of nitrogens with two attached hydrogens (primary N) is 1. The topological polar surface area (TPSA) is 90.1 Å². The van der Waals surface area contributed by atoms with Crippen LogP contribution in [-0.4, -0.2) is 22.5 Å². The molecule has 20 heavy (non-hydrogen) atoms. The number of carbonyl (C=O) groups is 1. The quantitative estimate of drug-likeness (QED) is 0.830. The highest BCUT2D eigenvalue weighted by Gasteiger charge is 2.17. The molecule has 2 aromatic rings. The minimum Gasteiger partial charge on any atom is -0.462 e. The van der Waals surface area contributed by atoms with Gasteiger partial charge >= 0.3 is 5.97 Å².